The molecule has 0 bridgehead atoms. The monoisotopic (exact) mass is 339 g/mol. The Kier molecular flexibility index (Phi) is 4.18. The van der Waals surface area contributed by atoms with Gasteiger partial charge in [0.1, 0.15) is 0 Å². The third-order valence-electron chi connectivity index (χ3n) is 3.95. The molecule has 128 valence electrons. The molecule has 1 N–H and O–H groups in total. The summed E-state index contributed by atoms with van der Waals surface area (Å²) in [5.74, 6) is 0.376. The highest BCUT2D eigenvalue weighted by Crippen LogP contribution is 2.15. The molecular formula is C17H17N5O3. The molecule has 3 rings (SSSR count). The van der Waals surface area contributed by atoms with Crippen LogP contribution in [-0.4, -0.2) is 24.7 Å². The lowest BCUT2D eigenvalue weighted by atomic mass is 10.0. The van der Waals surface area contributed by atoms with Crippen LogP contribution in [0.1, 0.15) is 28.2 Å². The first-order valence-electron chi connectivity index (χ1n) is 7.72. The van der Waals surface area contributed by atoms with Crippen LogP contribution >= 0.6 is 0 Å². The Hall–Kier alpha value is -3.29. The number of aromatic nitrogens is 4. The van der Waals surface area contributed by atoms with E-state index in [2.05, 4.69) is 15.1 Å². The molecule has 1 aromatic carbocycles. The Morgan fingerprint density at radius 2 is 1.88 bits per heavy atom. The molecule has 8 heteroatoms. The average molecular weight is 339 g/mol. The van der Waals surface area contributed by atoms with Crippen molar-refractivity contribution < 1.29 is 4.92 Å². The highest BCUT2D eigenvalue weighted by Gasteiger charge is 2.13. The van der Waals surface area contributed by atoms with Crippen LogP contribution in [0, 0.1) is 30.9 Å². The zero-order valence-corrected chi connectivity index (χ0v) is 14.1. The van der Waals surface area contributed by atoms with Crippen LogP contribution in [0.25, 0.3) is 5.95 Å². The summed E-state index contributed by atoms with van der Waals surface area (Å²) in [6.07, 6.45) is 0.351. The topological polar surface area (TPSA) is 107 Å². The van der Waals surface area contributed by atoms with Gasteiger partial charge in [-0.05, 0) is 32.4 Å². The van der Waals surface area contributed by atoms with Crippen LogP contribution in [-0.2, 0) is 6.42 Å². The Morgan fingerprint density at radius 1 is 1.20 bits per heavy atom. The van der Waals surface area contributed by atoms with Crippen molar-refractivity contribution in [2.75, 3.05) is 0 Å². The molecule has 3 aromatic rings. The predicted molar refractivity (Wildman–Crippen MR) is 92.1 cm³/mol. The summed E-state index contributed by atoms with van der Waals surface area (Å²) in [6.45, 7) is 5.53. The molecule has 8 nitrogen and oxygen atoms in total. The molecule has 0 unspecified atom stereocenters. The highest BCUT2D eigenvalue weighted by molar-refractivity contribution is 5.36. The zero-order valence-electron chi connectivity index (χ0n) is 14.1. The van der Waals surface area contributed by atoms with Gasteiger partial charge in [-0.15, -0.1) is 0 Å². The van der Waals surface area contributed by atoms with Crippen molar-refractivity contribution in [2.45, 2.75) is 27.2 Å². The maximum atomic E-state index is 12.5. The van der Waals surface area contributed by atoms with Crippen LogP contribution in [0.15, 0.2) is 35.1 Å². The van der Waals surface area contributed by atoms with E-state index in [0.29, 0.717) is 23.6 Å². The van der Waals surface area contributed by atoms with Crippen molar-refractivity contribution in [1.29, 1.82) is 0 Å². The summed E-state index contributed by atoms with van der Waals surface area (Å²) in [4.78, 5) is 30.0. The third-order valence-corrected chi connectivity index (χ3v) is 3.95. The Morgan fingerprint density at radius 3 is 2.40 bits per heavy atom. The van der Waals surface area contributed by atoms with E-state index in [0.717, 1.165) is 17.0 Å². The second kappa shape index (κ2) is 6.31. The van der Waals surface area contributed by atoms with E-state index in [4.69, 9.17) is 0 Å². The van der Waals surface area contributed by atoms with Crippen molar-refractivity contribution in [3.63, 3.8) is 0 Å². The molecule has 0 radical (unpaired) electrons. The van der Waals surface area contributed by atoms with E-state index >= 15 is 0 Å². The van der Waals surface area contributed by atoms with Crippen molar-refractivity contribution in [3.05, 3.63) is 79.0 Å². The standard InChI is InChI=1S/C17H17N5O3/c1-10-8-11(2)21(20-10)17-18-12(3)15(16(23)19-17)9-13-4-6-14(7-5-13)22(24)25/h4-8H,9H2,1-3H3,(H,18,19,23). The minimum Gasteiger partial charge on any atom is -0.291 e. The van der Waals surface area contributed by atoms with E-state index in [9.17, 15) is 14.9 Å². The molecule has 0 saturated heterocycles. The number of H-pyrrole nitrogens is 1. The summed E-state index contributed by atoms with van der Waals surface area (Å²) in [5.41, 5.74) is 3.43. The van der Waals surface area contributed by atoms with Gasteiger partial charge in [0.15, 0.2) is 0 Å². The molecule has 0 saturated carbocycles. The van der Waals surface area contributed by atoms with Gasteiger partial charge in [-0.25, -0.2) is 9.67 Å². The first-order chi connectivity index (χ1) is 11.8. The second-order valence-electron chi connectivity index (χ2n) is 5.89. The largest absolute Gasteiger partial charge is 0.291 e. The minimum atomic E-state index is -0.452. The number of benzene rings is 1. The Balaban J connectivity index is 1.94. The van der Waals surface area contributed by atoms with E-state index in [1.54, 1.807) is 23.7 Å². The predicted octanol–water partition coefficient (Wildman–Crippen LogP) is 2.38. The fraction of sp³-hybridized carbons (Fsp3) is 0.235. The summed E-state index contributed by atoms with van der Waals surface area (Å²) in [7, 11) is 0. The van der Waals surface area contributed by atoms with Crippen LogP contribution in [0.5, 0.6) is 0 Å². The van der Waals surface area contributed by atoms with Crippen molar-refractivity contribution in [2.24, 2.45) is 0 Å². The third kappa shape index (κ3) is 3.32. The average Bonchev–Trinajstić information content (AvgIpc) is 2.89. The van der Waals surface area contributed by atoms with E-state index in [1.807, 2.05) is 19.9 Å². The maximum Gasteiger partial charge on any atom is 0.269 e. The number of rotatable bonds is 4. The molecule has 0 atom stereocenters. The first-order valence-corrected chi connectivity index (χ1v) is 7.72. The molecule has 2 heterocycles. The van der Waals surface area contributed by atoms with Gasteiger partial charge in [0.05, 0.1) is 16.3 Å². The maximum absolute atomic E-state index is 12.5. The number of non-ortho nitro benzene ring substituents is 1. The van der Waals surface area contributed by atoms with E-state index in [1.165, 1.54) is 12.1 Å². The van der Waals surface area contributed by atoms with Crippen molar-refractivity contribution in [1.82, 2.24) is 19.7 Å². The lowest BCUT2D eigenvalue weighted by Gasteiger charge is -2.08. The molecule has 0 fully saturated rings. The van der Waals surface area contributed by atoms with E-state index < -0.39 is 4.92 Å². The lowest BCUT2D eigenvalue weighted by molar-refractivity contribution is -0.384. The molecule has 25 heavy (non-hydrogen) atoms. The molecule has 0 aliphatic rings. The number of nitrogens with zero attached hydrogens (tertiary/aromatic N) is 4. The van der Waals surface area contributed by atoms with Gasteiger partial charge in [-0.1, -0.05) is 12.1 Å². The van der Waals surface area contributed by atoms with Crippen LogP contribution in [0.3, 0.4) is 0 Å². The summed E-state index contributed by atoms with van der Waals surface area (Å²) >= 11 is 0. The van der Waals surface area contributed by atoms with Gasteiger partial charge in [0.25, 0.3) is 11.2 Å². The normalized spacial score (nSPS) is 10.8. The van der Waals surface area contributed by atoms with Crippen LogP contribution < -0.4 is 5.56 Å². The SMILES string of the molecule is Cc1cc(C)n(-c2nc(C)c(Cc3ccc([N+](=O)[O-])cc3)c(=O)[nH]2)n1. The molecule has 0 amide bonds. The molecular weight excluding hydrogens is 322 g/mol. The quantitative estimate of drug-likeness (QED) is 0.580. The molecule has 0 aliphatic carbocycles. The molecule has 0 spiro atoms. The Labute approximate surface area is 143 Å². The van der Waals surface area contributed by atoms with Gasteiger partial charge < -0.3 is 0 Å². The molecule has 0 aliphatic heterocycles. The summed E-state index contributed by atoms with van der Waals surface area (Å²) < 4.78 is 1.60. The number of nitro groups is 1. The molecule has 2 aromatic heterocycles. The number of hydrogen-bond donors (Lipinski definition) is 1. The van der Waals surface area contributed by atoms with Crippen LogP contribution in [0.4, 0.5) is 5.69 Å². The van der Waals surface area contributed by atoms with E-state index in [-0.39, 0.29) is 11.2 Å². The number of hydrogen-bond acceptors (Lipinski definition) is 5. The first kappa shape index (κ1) is 16.6. The van der Waals surface area contributed by atoms with Gasteiger partial charge >= 0.3 is 0 Å². The smallest absolute Gasteiger partial charge is 0.269 e. The highest BCUT2D eigenvalue weighted by atomic mass is 16.6. The lowest BCUT2D eigenvalue weighted by Crippen LogP contribution is -2.21. The minimum absolute atomic E-state index is 0.0207. The van der Waals surface area contributed by atoms with Gasteiger partial charge in [-0.3, -0.25) is 19.9 Å². The number of aryl methyl sites for hydroxylation is 3. The second-order valence-corrected chi connectivity index (χ2v) is 5.89. The fourth-order valence-corrected chi connectivity index (χ4v) is 2.69. The summed E-state index contributed by atoms with van der Waals surface area (Å²) in [6, 6.07) is 8.05. The number of aromatic amines is 1. The van der Waals surface area contributed by atoms with Crippen molar-refractivity contribution >= 4 is 5.69 Å². The van der Waals surface area contributed by atoms with Crippen LogP contribution in [0.2, 0.25) is 0 Å². The van der Waals surface area contributed by atoms with Gasteiger partial charge in [-0.2, -0.15) is 5.10 Å². The Bertz CT molecular complexity index is 1000. The zero-order chi connectivity index (χ0) is 18.1. The van der Waals surface area contributed by atoms with Crippen molar-refractivity contribution in [3.8, 4) is 5.95 Å². The summed E-state index contributed by atoms with van der Waals surface area (Å²) in [5, 5.41) is 15.0. The van der Waals surface area contributed by atoms with Gasteiger partial charge in [0, 0.05) is 29.8 Å². The van der Waals surface area contributed by atoms with Gasteiger partial charge in [0.2, 0.25) is 5.95 Å². The number of nitrogens with one attached hydrogen (secondary N) is 1. The number of nitro benzene ring substituents is 1. The fourth-order valence-electron chi connectivity index (χ4n) is 2.69.